The number of carbonyl (C=O) groups is 1. The van der Waals surface area contributed by atoms with E-state index in [0.717, 1.165) is 6.07 Å². The van der Waals surface area contributed by atoms with Gasteiger partial charge in [-0.3, -0.25) is 4.79 Å². The minimum Gasteiger partial charge on any atom is -0.481 e. The van der Waals surface area contributed by atoms with E-state index in [4.69, 9.17) is 5.11 Å². The van der Waals surface area contributed by atoms with Crippen molar-refractivity contribution < 1.29 is 23.1 Å². The smallest absolute Gasteiger partial charge is 0.416 e. The van der Waals surface area contributed by atoms with Crippen molar-refractivity contribution >= 4 is 11.7 Å². The molecule has 0 spiro atoms. The Hall–Kier alpha value is -1.76. The summed E-state index contributed by atoms with van der Waals surface area (Å²) in [6.07, 6.45) is -4.56. The molecule has 0 saturated carbocycles. The van der Waals surface area contributed by atoms with Crippen molar-refractivity contribution in [3.8, 4) is 0 Å². The number of hydrogen-bond donors (Lipinski definition) is 3. The van der Waals surface area contributed by atoms with Gasteiger partial charge in [-0.2, -0.15) is 13.2 Å². The van der Waals surface area contributed by atoms with Crippen molar-refractivity contribution in [3.05, 3.63) is 29.3 Å². The maximum atomic E-state index is 12.8. The zero-order valence-corrected chi connectivity index (χ0v) is 10.8. The first-order valence-corrected chi connectivity index (χ1v) is 6.10. The van der Waals surface area contributed by atoms with Crippen LogP contribution < -0.4 is 10.6 Å². The highest BCUT2D eigenvalue weighted by atomic mass is 19.4. The number of halogens is 3. The first kappa shape index (κ1) is 14.6. The van der Waals surface area contributed by atoms with Gasteiger partial charge in [0, 0.05) is 18.8 Å². The second-order valence-electron chi connectivity index (χ2n) is 5.11. The monoisotopic (exact) mass is 288 g/mol. The lowest BCUT2D eigenvalue weighted by molar-refractivity contribution is -0.139. The molecule has 110 valence electrons. The van der Waals surface area contributed by atoms with Crippen molar-refractivity contribution in [1.29, 1.82) is 0 Å². The quantitative estimate of drug-likeness (QED) is 0.795. The van der Waals surface area contributed by atoms with Gasteiger partial charge in [0.1, 0.15) is 0 Å². The number of anilines is 1. The van der Waals surface area contributed by atoms with E-state index in [2.05, 4.69) is 10.6 Å². The largest absolute Gasteiger partial charge is 0.481 e. The molecule has 0 aliphatic carbocycles. The maximum absolute atomic E-state index is 12.8. The van der Waals surface area contributed by atoms with Gasteiger partial charge in [-0.25, -0.2) is 0 Å². The first-order valence-electron chi connectivity index (χ1n) is 6.10. The highest BCUT2D eigenvalue weighted by molar-refractivity contribution is 5.70. The minimum absolute atomic E-state index is 0.141. The van der Waals surface area contributed by atoms with E-state index >= 15 is 0 Å². The molecule has 1 heterocycles. The third-order valence-electron chi connectivity index (χ3n) is 3.37. The van der Waals surface area contributed by atoms with Crippen LogP contribution in [0.15, 0.2) is 18.2 Å². The SMILES string of the molecule is Cc1ccc(NC2(CC(=O)O)CNC2)cc1C(F)(F)F. The number of hydrogen-bond acceptors (Lipinski definition) is 3. The highest BCUT2D eigenvalue weighted by Crippen LogP contribution is 2.34. The zero-order chi connectivity index (χ0) is 15.0. The summed E-state index contributed by atoms with van der Waals surface area (Å²) in [6.45, 7) is 2.22. The molecule has 1 aromatic carbocycles. The number of rotatable bonds is 4. The molecule has 4 nitrogen and oxygen atoms in total. The lowest BCUT2D eigenvalue weighted by atomic mass is 9.88. The van der Waals surface area contributed by atoms with Crippen molar-refractivity contribution in [2.24, 2.45) is 0 Å². The molecule has 2 rings (SSSR count). The fourth-order valence-electron chi connectivity index (χ4n) is 2.29. The van der Waals surface area contributed by atoms with Crippen LogP contribution in [0.25, 0.3) is 0 Å². The van der Waals surface area contributed by atoms with Crippen molar-refractivity contribution in [3.63, 3.8) is 0 Å². The Kier molecular flexibility index (Phi) is 3.64. The standard InChI is InChI=1S/C13H15F3N2O2/c1-8-2-3-9(4-10(8)13(14,15)16)18-12(5-11(19)20)6-17-7-12/h2-4,17-18H,5-7H2,1H3,(H,19,20). The summed E-state index contributed by atoms with van der Waals surface area (Å²) in [5, 5.41) is 14.7. The van der Waals surface area contributed by atoms with Gasteiger partial charge in [-0.1, -0.05) is 6.07 Å². The molecule has 1 fully saturated rings. The van der Waals surface area contributed by atoms with Crippen LogP contribution in [0.5, 0.6) is 0 Å². The second kappa shape index (κ2) is 4.97. The molecule has 0 radical (unpaired) electrons. The summed E-state index contributed by atoms with van der Waals surface area (Å²) in [5.74, 6) is -0.984. The van der Waals surface area contributed by atoms with Crippen LogP contribution in [-0.2, 0) is 11.0 Å². The van der Waals surface area contributed by atoms with Crippen LogP contribution in [0.4, 0.5) is 18.9 Å². The van der Waals surface area contributed by atoms with E-state index in [1.54, 1.807) is 0 Å². The minimum atomic E-state index is -4.42. The summed E-state index contributed by atoms with van der Waals surface area (Å²) >= 11 is 0. The Balaban J connectivity index is 2.23. The molecule has 0 aromatic heterocycles. The number of nitrogens with one attached hydrogen (secondary N) is 2. The number of aryl methyl sites for hydroxylation is 1. The van der Waals surface area contributed by atoms with Crippen LogP contribution in [0, 0.1) is 6.92 Å². The number of alkyl halides is 3. The molecule has 1 aromatic rings. The Morgan fingerprint density at radius 2 is 2.10 bits per heavy atom. The van der Waals surface area contributed by atoms with E-state index in [-0.39, 0.29) is 17.7 Å². The van der Waals surface area contributed by atoms with E-state index in [9.17, 15) is 18.0 Å². The molecule has 1 aliphatic heterocycles. The van der Waals surface area contributed by atoms with E-state index in [1.807, 2.05) is 0 Å². The number of carboxylic acids is 1. The Morgan fingerprint density at radius 1 is 1.45 bits per heavy atom. The summed E-state index contributed by atoms with van der Waals surface area (Å²) < 4.78 is 38.5. The lowest BCUT2D eigenvalue weighted by Gasteiger charge is -2.43. The molecule has 0 unspecified atom stereocenters. The first-order chi connectivity index (χ1) is 9.22. The molecular formula is C13H15F3N2O2. The van der Waals surface area contributed by atoms with Crippen molar-refractivity contribution in [2.45, 2.75) is 25.1 Å². The van der Waals surface area contributed by atoms with Gasteiger partial charge >= 0.3 is 12.1 Å². The Morgan fingerprint density at radius 3 is 2.55 bits per heavy atom. The third-order valence-corrected chi connectivity index (χ3v) is 3.37. The molecule has 7 heteroatoms. The number of carboxylic acid groups (broad SMARTS) is 1. The predicted octanol–water partition coefficient (Wildman–Crippen LogP) is 2.24. The van der Waals surface area contributed by atoms with Gasteiger partial charge in [0.15, 0.2) is 0 Å². The maximum Gasteiger partial charge on any atom is 0.416 e. The van der Waals surface area contributed by atoms with Gasteiger partial charge in [-0.05, 0) is 24.6 Å². The van der Waals surface area contributed by atoms with Gasteiger partial charge in [0.25, 0.3) is 0 Å². The topological polar surface area (TPSA) is 61.4 Å². The summed E-state index contributed by atoms with van der Waals surface area (Å²) in [7, 11) is 0. The molecule has 3 N–H and O–H groups in total. The Labute approximate surface area is 114 Å². The fourth-order valence-corrected chi connectivity index (χ4v) is 2.29. The van der Waals surface area contributed by atoms with Crippen LogP contribution in [0.3, 0.4) is 0 Å². The fraction of sp³-hybridized carbons (Fsp3) is 0.462. The molecular weight excluding hydrogens is 273 g/mol. The van der Waals surface area contributed by atoms with Crippen LogP contribution in [-0.4, -0.2) is 29.7 Å². The summed E-state index contributed by atoms with van der Waals surface area (Å²) in [5.41, 5.74) is -1.00. The van der Waals surface area contributed by atoms with Crippen molar-refractivity contribution in [2.75, 3.05) is 18.4 Å². The molecule has 0 amide bonds. The molecule has 1 aliphatic rings. The second-order valence-corrected chi connectivity index (χ2v) is 5.11. The zero-order valence-electron chi connectivity index (χ0n) is 10.8. The molecule has 0 bridgehead atoms. The van der Waals surface area contributed by atoms with Gasteiger partial charge in [0.2, 0.25) is 0 Å². The van der Waals surface area contributed by atoms with E-state index in [1.165, 1.54) is 19.1 Å². The molecule has 20 heavy (non-hydrogen) atoms. The average molecular weight is 288 g/mol. The molecule has 0 atom stereocenters. The number of benzene rings is 1. The lowest BCUT2D eigenvalue weighted by Crippen LogP contribution is -2.65. The van der Waals surface area contributed by atoms with Gasteiger partial charge in [-0.15, -0.1) is 0 Å². The van der Waals surface area contributed by atoms with Crippen LogP contribution >= 0.6 is 0 Å². The summed E-state index contributed by atoms with van der Waals surface area (Å²) in [6, 6.07) is 3.94. The van der Waals surface area contributed by atoms with E-state index < -0.39 is 23.2 Å². The van der Waals surface area contributed by atoms with Crippen LogP contribution in [0.1, 0.15) is 17.5 Å². The predicted molar refractivity (Wildman–Crippen MR) is 67.7 cm³/mol. The summed E-state index contributed by atoms with van der Waals surface area (Å²) in [4.78, 5) is 10.8. The average Bonchev–Trinajstić information content (AvgIpc) is 2.26. The Bertz CT molecular complexity index is 525. The van der Waals surface area contributed by atoms with Crippen LogP contribution in [0.2, 0.25) is 0 Å². The highest BCUT2D eigenvalue weighted by Gasteiger charge is 2.39. The third kappa shape index (κ3) is 3.04. The normalized spacial score (nSPS) is 17.4. The van der Waals surface area contributed by atoms with Gasteiger partial charge < -0.3 is 15.7 Å². The number of aliphatic carboxylic acids is 1. The van der Waals surface area contributed by atoms with Gasteiger partial charge in [0.05, 0.1) is 17.5 Å². The molecule has 1 saturated heterocycles. The van der Waals surface area contributed by atoms with E-state index in [0.29, 0.717) is 13.1 Å². The van der Waals surface area contributed by atoms with Crippen molar-refractivity contribution in [1.82, 2.24) is 5.32 Å².